The van der Waals surface area contributed by atoms with E-state index in [1.807, 2.05) is 0 Å². The highest BCUT2D eigenvalue weighted by atomic mass is 15.5. The lowest BCUT2D eigenvalue weighted by molar-refractivity contribution is 0.103. The first-order valence-electron chi connectivity index (χ1n) is 7.04. The van der Waals surface area contributed by atoms with Gasteiger partial charge in [0.05, 0.1) is 20.0 Å². The van der Waals surface area contributed by atoms with E-state index in [0.717, 1.165) is 20.0 Å². The molecule has 0 aromatic rings. The fourth-order valence-corrected chi connectivity index (χ4v) is 2.22. The minimum atomic E-state index is 0.198. The summed E-state index contributed by atoms with van der Waals surface area (Å²) in [5.74, 6) is 0. The zero-order valence-corrected chi connectivity index (χ0v) is 13.2. The van der Waals surface area contributed by atoms with Crippen LogP contribution in [0.25, 0.3) is 0 Å². The largest absolute Gasteiger partial charge is 0.354 e. The van der Waals surface area contributed by atoms with E-state index in [-0.39, 0.29) is 11.1 Å². The van der Waals surface area contributed by atoms with Crippen LogP contribution in [0.3, 0.4) is 0 Å². The minimum absolute atomic E-state index is 0.198. The third-order valence-corrected chi connectivity index (χ3v) is 3.67. The summed E-state index contributed by atoms with van der Waals surface area (Å²) in [6, 6.07) is 0. The molecule has 0 aromatic carbocycles. The van der Waals surface area contributed by atoms with Crippen LogP contribution in [-0.2, 0) is 0 Å². The molecule has 2 heterocycles. The molecule has 0 fully saturated rings. The molecular formula is C15H28N4. The van der Waals surface area contributed by atoms with Crippen LogP contribution >= 0.6 is 0 Å². The molecule has 0 aliphatic carbocycles. The lowest BCUT2D eigenvalue weighted by atomic mass is 10.1. The number of nitrogens with zero attached hydrogens (tertiary/aromatic N) is 4. The monoisotopic (exact) mass is 264 g/mol. The fourth-order valence-electron chi connectivity index (χ4n) is 2.22. The molecule has 0 saturated carbocycles. The summed E-state index contributed by atoms with van der Waals surface area (Å²) < 4.78 is 0. The van der Waals surface area contributed by atoms with Crippen LogP contribution in [0.15, 0.2) is 24.8 Å². The molecule has 2 aliphatic heterocycles. The Bertz CT molecular complexity index is 337. The summed E-state index contributed by atoms with van der Waals surface area (Å²) in [4.78, 5) is 9.44. The number of hydrogen-bond donors (Lipinski definition) is 0. The quantitative estimate of drug-likeness (QED) is 0.760. The van der Waals surface area contributed by atoms with Crippen molar-refractivity contribution in [1.29, 1.82) is 0 Å². The van der Waals surface area contributed by atoms with E-state index in [2.05, 4.69) is 85.9 Å². The van der Waals surface area contributed by atoms with Crippen molar-refractivity contribution in [3.63, 3.8) is 0 Å². The van der Waals surface area contributed by atoms with Crippen molar-refractivity contribution in [3.05, 3.63) is 24.8 Å². The Labute approximate surface area is 117 Å². The van der Waals surface area contributed by atoms with Crippen molar-refractivity contribution in [2.75, 3.05) is 20.0 Å². The highest BCUT2D eigenvalue weighted by molar-refractivity contribution is 4.99. The summed E-state index contributed by atoms with van der Waals surface area (Å²) in [5.41, 5.74) is 0.396. The normalized spacial score (nSPS) is 20.1. The van der Waals surface area contributed by atoms with Crippen molar-refractivity contribution in [2.24, 2.45) is 0 Å². The smallest absolute Gasteiger partial charge is 0.0927 e. The van der Waals surface area contributed by atoms with Crippen molar-refractivity contribution in [1.82, 2.24) is 19.6 Å². The van der Waals surface area contributed by atoms with Gasteiger partial charge in [0.1, 0.15) is 0 Å². The first kappa shape index (κ1) is 14.1. The van der Waals surface area contributed by atoms with Gasteiger partial charge in [0.2, 0.25) is 0 Å². The Balaban J connectivity index is 1.83. The second kappa shape index (κ2) is 4.66. The van der Waals surface area contributed by atoms with Crippen LogP contribution in [0.2, 0.25) is 0 Å². The molecule has 0 radical (unpaired) electrons. The Hall–Kier alpha value is -1.32. The summed E-state index contributed by atoms with van der Waals surface area (Å²) >= 11 is 0. The second-order valence-electron chi connectivity index (χ2n) is 7.48. The summed E-state index contributed by atoms with van der Waals surface area (Å²) in [7, 11) is 0. The van der Waals surface area contributed by atoms with Gasteiger partial charge in [-0.1, -0.05) is 0 Å². The van der Waals surface area contributed by atoms with E-state index < -0.39 is 0 Å². The SMILES string of the molecule is CC(C)(C)N1C=CN(CN2C=CN(C(C)(C)C)C2)C1. The van der Waals surface area contributed by atoms with Crippen LogP contribution in [0, 0.1) is 0 Å². The zero-order valence-electron chi connectivity index (χ0n) is 13.2. The van der Waals surface area contributed by atoms with Gasteiger partial charge < -0.3 is 19.6 Å². The maximum Gasteiger partial charge on any atom is 0.0927 e. The number of rotatable bonds is 2. The highest BCUT2D eigenvalue weighted by Gasteiger charge is 2.27. The van der Waals surface area contributed by atoms with Crippen molar-refractivity contribution < 1.29 is 0 Å². The van der Waals surface area contributed by atoms with Gasteiger partial charge in [0, 0.05) is 35.9 Å². The van der Waals surface area contributed by atoms with Crippen LogP contribution in [0.1, 0.15) is 41.5 Å². The van der Waals surface area contributed by atoms with Gasteiger partial charge in [0.25, 0.3) is 0 Å². The minimum Gasteiger partial charge on any atom is -0.354 e. The van der Waals surface area contributed by atoms with E-state index >= 15 is 0 Å². The van der Waals surface area contributed by atoms with Crippen LogP contribution in [0.5, 0.6) is 0 Å². The van der Waals surface area contributed by atoms with Gasteiger partial charge in [-0.15, -0.1) is 0 Å². The van der Waals surface area contributed by atoms with E-state index in [1.165, 1.54) is 0 Å². The molecule has 4 heteroatoms. The first-order chi connectivity index (χ1) is 8.66. The Morgan fingerprint density at radius 2 is 1.05 bits per heavy atom. The Morgan fingerprint density at radius 1 is 0.684 bits per heavy atom. The van der Waals surface area contributed by atoms with Gasteiger partial charge in [-0.05, 0) is 41.5 Å². The van der Waals surface area contributed by atoms with E-state index in [0.29, 0.717) is 0 Å². The molecule has 2 aliphatic rings. The van der Waals surface area contributed by atoms with Gasteiger partial charge in [-0.3, -0.25) is 0 Å². The molecule has 0 amide bonds. The van der Waals surface area contributed by atoms with Crippen LogP contribution < -0.4 is 0 Å². The maximum absolute atomic E-state index is 2.37. The fraction of sp³-hybridized carbons (Fsp3) is 0.733. The molecular weight excluding hydrogens is 236 g/mol. The highest BCUT2D eigenvalue weighted by Crippen LogP contribution is 2.22. The van der Waals surface area contributed by atoms with E-state index in [1.54, 1.807) is 0 Å². The van der Waals surface area contributed by atoms with E-state index in [9.17, 15) is 0 Å². The Kier molecular flexibility index (Phi) is 3.45. The van der Waals surface area contributed by atoms with Crippen LogP contribution in [0.4, 0.5) is 0 Å². The molecule has 0 bridgehead atoms. The molecule has 19 heavy (non-hydrogen) atoms. The first-order valence-corrected chi connectivity index (χ1v) is 7.04. The molecule has 4 nitrogen and oxygen atoms in total. The Morgan fingerprint density at radius 3 is 1.32 bits per heavy atom. The topological polar surface area (TPSA) is 13.0 Å². The molecule has 0 unspecified atom stereocenters. The van der Waals surface area contributed by atoms with Gasteiger partial charge in [-0.2, -0.15) is 0 Å². The number of hydrogen-bond acceptors (Lipinski definition) is 4. The summed E-state index contributed by atoms with van der Waals surface area (Å²) in [5, 5.41) is 0. The molecule has 108 valence electrons. The molecule has 0 N–H and O–H groups in total. The van der Waals surface area contributed by atoms with Gasteiger partial charge >= 0.3 is 0 Å². The third-order valence-electron chi connectivity index (χ3n) is 3.67. The zero-order chi connectivity index (χ0) is 14.3. The van der Waals surface area contributed by atoms with Crippen molar-refractivity contribution in [3.8, 4) is 0 Å². The average molecular weight is 264 g/mol. The predicted molar refractivity (Wildman–Crippen MR) is 79.7 cm³/mol. The second-order valence-corrected chi connectivity index (χ2v) is 7.48. The molecule has 0 saturated heterocycles. The summed E-state index contributed by atoms with van der Waals surface area (Å²) in [6.07, 6.45) is 8.78. The predicted octanol–water partition coefficient (Wildman–Crippen LogP) is 2.63. The molecule has 0 atom stereocenters. The van der Waals surface area contributed by atoms with Crippen LogP contribution in [-0.4, -0.2) is 50.7 Å². The molecule has 2 rings (SSSR count). The van der Waals surface area contributed by atoms with Crippen molar-refractivity contribution in [2.45, 2.75) is 52.6 Å². The van der Waals surface area contributed by atoms with Crippen molar-refractivity contribution >= 4 is 0 Å². The van der Waals surface area contributed by atoms with Gasteiger partial charge in [-0.25, -0.2) is 0 Å². The summed E-state index contributed by atoms with van der Waals surface area (Å²) in [6.45, 7) is 16.4. The molecule has 0 aromatic heterocycles. The lowest BCUT2D eigenvalue weighted by Crippen LogP contribution is -2.43. The maximum atomic E-state index is 2.37. The average Bonchev–Trinajstić information content (AvgIpc) is 2.84. The molecule has 0 spiro atoms. The third kappa shape index (κ3) is 3.37. The van der Waals surface area contributed by atoms with Gasteiger partial charge in [0.15, 0.2) is 0 Å². The lowest BCUT2D eigenvalue weighted by Gasteiger charge is -2.36. The van der Waals surface area contributed by atoms with E-state index in [4.69, 9.17) is 0 Å². The standard InChI is InChI=1S/C15H28N4/c1-14(2,3)18-9-7-16(12-18)11-17-8-10-19(13-17)15(4,5)6/h7-10H,11-13H2,1-6H3.